The number of hydrogen-bond donors (Lipinski definition) is 1. The molecule has 3 rings (SSSR count). The molecule has 0 saturated carbocycles. The molecule has 0 amide bonds. The molecule has 0 radical (unpaired) electrons. The molecular formula is C20H18FN3O3. The quantitative estimate of drug-likeness (QED) is 0.698. The zero-order valence-electron chi connectivity index (χ0n) is 14.9. The lowest BCUT2D eigenvalue weighted by atomic mass is 10.0. The number of hydrogen-bond acceptors (Lipinski definition) is 5. The number of rotatable bonds is 5. The normalized spacial score (nSPS) is 10.5. The maximum atomic E-state index is 13.6. The van der Waals surface area contributed by atoms with Gasteiger partial charge in [0.25, 0.3) is 5.56 Å². The van der Waals surface area contributed by atoms with Crippen LogP contribution in [0.5, 0.6) is 0 Å². The van der Waals surface area contributed by atoms with Crippen LogP contribution in [0.25, 0.3) is 11.3 Å². The smallest absolute Gasteiger partial charge is 0.342 e. The number of methoxy groups -OCH3 is 1. The molecule has 0 atom stereocenters. The van der Waals surface area contributed by atoms with Crippen molar-refractivity contribution in [2.24, 2.45) is 0 Å². The Morgan fingerprint density at radius 3 is 2.56 bits per heavy atom. The predicted octanol–water partition coefficient (Wildman–Crippen LogP) is 3.60. The third-order valence-corrected chi connectivity index (χ3v) is 3.99. The second kappa shape index (κ2) is 7.82. The van der Waals surface area contributed by atoms with E-state index < -0.39 is 17.3 Å². The second-order valence-electron chi connectivity index (χ2n) is 5.71. The van der Waals surface area contributed by atoms with Gasteiger partial charge in [-0.15, -0.1) is 0 Å². The van der Waals surface area contributed by atoms with Gasteiger partial charge < -0.3 is 10.1 Å². The Morgan fingerprint density at radius 1 is 1.19 bits per heavy atom. The number of aryl methyl sites for hydroxylation is 1. The highest BCUT2D eigenvalue weighted by Crippen LogP contribution is 2.27. The number of carbonyl (C=O) groups is 1. The van der Waals surface area contributed by atoms with Gasteiger partial charge in [0.2, 0.25) is 0 Å². The molecule has 27 heavy (non-hydrogen) atoms. The molecule has 138 valence electrons. The average molecular weight is 367 g/mol. The van der Waals surface area contributed by atoms with Gasteiger partial charge in [0.15, 0.2) is 0 Å². The minimum atomic E-state index is -0.708. The zero-order chi connectivity index (χ0) is 19.4. The third kappa shape index (κ3) is 3.72. The Hall–Kier alpha value is -3.48. The van der Waals surface area contributed by atoms with Gasteiger partial charge in [-0.25, -0.2) is 13.9 Å². The van der Waals surface area contributed by atoms with E-state index in [1.54, 1.807) is 37.3 Å². The summed E-state index contributed by atoms with van der Waals surface area (Å²) in [6.07, 6.45) is 0. The molecule has 0 aliphatic heterocycles. The first-order valence-electron chi connectivity index (χ1n) is 8.36. The van der Waals surface area contributed by atoms with Crippen molar-refractivity contribution < 1.29 is 13.9 Å². The minimum Gasteiger partial charge on any atom is -0.465 e. The van der Waals surface area contributed by atoms with E-state index in [9.17, 15) is 14.0 Å². The van der Waals surface area contributed by atoms with Crippen LogP contribution in [0.2, 0.25) is 0 Å². The van der Waals surface area contributed by atoms with E-state index in [1.165, 1.54) is 30.0 Å². The second-order valence-corrected chi connectivity index (χ2v) is 5.71. The number of nitrogens with one attached hydrogen (secondary N) is 1. The largest absolute Gasteiger partial charge is 0.465 e. The highest BCUT2D eigenvalue weighted by molar-refractivity contribution is 6.02. The van der Waals surface area contributed by atoms with Crippen LogP contribution in [0, 0.1) is 5.82 Å². The van der Waals surface area contributed by atoms with Crippen molar-refractivity contribution in [3.05, 3.63) is 76.3 Å². The molecule has 6 nitrogen and oxygen atoms in total. The number of anilines is 2. The van der Waals surface area contributed by atoms with Crippen LogP contribution in [0.1, 0.15) is 17.3 Å². The molecule has 7 heteroatoms. The molecule has 1 aromatic heterocycles. The fourth-order valence-corrected chi connectivity index (χ4v) is 2.71. The monoisotopic (exact) mass is 367 g/mol. The Kier molecular flexibility index (Phi) is 5.30. The first-order valence-corrected chi connectivity index (χ1v) is 8.36. The molecule has 0 fully saturated rings. The van der Waals surface area contributed by atoms with Gasteiger partial charge in [-0.05, 0) is 25.1 Å². The molecular weight excluding hydrogens is 349 g/mol. The maximum Gasteiger partial charge on any atom is 0.342 e. The highest BCUT2D eigenvalue weighted by atomic mass is 19.1. The van der Waals surface area contributed by atoms with Gasteiger partial charge in [0.05, 0.1) is 7.11 Å². The topological polar surface area (TPSA) is 73.2 Å². The van der Waals surface area contributed by atoms with E-state index in [4.69, 9.17) is 4.74 Å². The molecule has 0 spiro atoms. The van der Waals surface area contributed by atoms with Crippen LogP contribution >= 0.6 is 0 Å². The van der Waals surface area contributed by atoms with E-state index in [2.05, 4.69) is 10.4 Å². The number of benzene rings is 2. The van der Waals surface area contributed by atoms with Crippen LogP contribution in [-0.4, -0.2) is 22.9 Å². The van der Waals surface area contributed by atoms with Crippen LogP contribution in [-0.2, 0) is 11.3 Å². The van der Waals surface area contributed by atoms with Gasteiger partial charge in [-0.3, -0.25) is 4.79 Å². The molecule has 0 aliphatic rings. The van der Waals surface area contributed by atoms with Crippen molar-refractivity contribution >= 4 is 17.3 Å². The lowest BCUT2D eigenvalue weighted by Gasteiger charge is -2.16. The van der Waals surface area contributed by atoms with Crippen LogP contribution in [0.3, 0.4) is 0 Å². The first-order chi connectivity index (χ1) is 13.0. The minimum absolute atomic E-state index is 0.00246. The molecule has 2 aromatic carbocycles. The number of aromatic nitrogens is 2. The van der Waals surface area contributed by atoms with E-state index in [-0.39, 0.29) is 11.3 Å². The van der Waals surface area contributed by atoms with Crippen molar-refractivity contribution in [3.63, 3.8) is 0 Å². The zero-order valence-corrected chi connectivity index (χ0v) is 14.9. The summed E-state index contributed by atoms with van der Waals surface area (Å²) in [7, 11) is 1.23. The Labute approximate surface area is 155 Å². The molecule has 3 aromatic rings. The SMILES string of the molecule is CCn1nc(-c2ccccc2)c(C(=O)OC)c(Nc2cccc(F)c2)c1=O. The summed E-state index contributed by atoms with van der Waals surface area (Å²) in [6.45, 7) is 2.07. The fraction of sp³-hybridized carbons (Fsp3) is 0.150. The summed E-state index contributed by atoms with van der Waals surface area (Å²) in [4.78, 5) is 25.4. The maximum absolute atomic E-state index is 13.6. The Morgan fingerprint density at radius 2 is 1.93 bits per heavy atom. The number of esters is 1. The summed E-state index contributed by atoms with van der Waals surface area (Å²) in [5.74, 6) is -1.17. The lowest BCUT2D eigenvalue weighted by molar-refractivity contribution is 0.0602. The van der Waals surface area contributed by atoms with Crippen LogP contribution in [0.4, 0.5) is 15.8 Å². The summed E-state index contributed by atoms with van der Waals surface area (Å²) < 4.78 is 19.7. The first kappa shape index (κ1) is 18.3. The van der Waals surface area contributed by atoms with Gasteiger partial charge in [-0.1, -0.05) is 36.4 Å². The van der Waals surface area contributed by atoms with Gasteiger partial charge >= 0.3 is 5.97 Å². The summed E-state index contributed by atoms with van der Waals surface area (Å²) in [5, 5.41) is 7.21. The Bertz CT molecular complexity index is 1030. The van der Waals surface area contributed by atoms with E-state index in [0.717, 1.165) is 0 Å². The molecule has 1 N–H and O–H groups in total. The van der Waals surface area contributed by atoms with Crippen molar-refractivity contribution in [1.29, 1.82) is 0 Å². The lowest BCUT2D eigenvalue weighted by Crippen LogP contribution is -2.28. The Balaban J connectivity index is 2.29. The molecule has 0 saturated heterocycles. The predicted molar refractivity (Wildman–Crippen MR) is 101 cm³/mol. The molecule has 0 aliphatic carbocycles. The van der Waals surface area contributed by atoms with Crippen LogP contribution < -0.4 is 10.9 Å². The van der Waals surface area contributed by atoms with Crippen molar-refractivity contribution in [3.8, 4) is 11.3 Å². The summed E-state index contributed by atoms with van der Waals surface area (Å²) in [6, 6.07) is 14.6. The van der Waals surface area contributed by atoms with Gasteiger partial charge in [0, 0.05) is 17.8 Å². The molecule has 1 heterocycles. The van der Waals surface area contributed by atoms with E-state index >= 15 is 0 Å². The number of carbonyl (C=O) groups excluding carboxylic acids is 1. The van der Waals surface area contributed by atoms with Crippen LogP contribution in [0.15, 0.2) is 59.4 Å². The third-order valence-electron chi connectivity index (χ3n) is 3.99. The number of halogens is 1. The fourth-order valence-electron chi connectivity index (χ4n) is 2.71. The van der Waals surface area contributed by atoms with Gasteiger partial charge in [0.1, 0.15) is 22.8 Å². The van der Waals surface area contributed by atoms with E-state index in [0.29, 0.717) is 23.5 Å². The standard InChI is InChI=1S/C20H18FN3O3/c1-3-24-19(25)18(22-15-11-7-10-14(21)12-15)16(20(26)27-2)17(23-24)13-8-5-4-6-9-13/h4-12,22H,3H2,1-2H3. The van der Waals surface area contributed by atoms with E-state index in [1.807, 2.05) is 6.07 Å². The number of nitrogens with zero attached hydrogens (tertiary/aromatic N) is 2. The highest BCUT2D eigenvalue weighted by Gasteiger charge is 2.25. The van der Waals surface area contributed by atoms with Gasteiger partial charge in [-0.2, -0.15) is 5.10 Å². The summed E-state index contributed by atoms with van der Waals surface area (Å²) >= 11 is 0. The molecule has 0 bridgehead atoms. The van der Waals surface area contributed by atoms with Crippen molar-refractivity contribution in [1.82, 2.24) is 9.78 Å². The summed E-state index contributed by atoms with van der Waals surface area (Å²) in [5.41, 5.74) is 0.794. The average Bonchev–Trinajstić information content (AvgIpc) is 2.69. The molecule has 0 unspecified atom stereocenters. The number of ether oxygens (including phenoxy) is 1. The van der Waals surface area contributed by atoms with Crippen molar-refractivity contribution in [2.75, 3.05) is 12.4 Å². The van der Waals surface area contributed by atoms with Crippen molar-refractivity contribution in [2.45, 2.75) is 13.5 Å².